The summed E-state index contributed by atoms with van der Waals surface area (Å²) in [6.07, 6.45) is -0.384. The standard InChI is InChI=1S/C21H17NO2/c1-13-14(11-6-12-19(13)22)21(23)24-20-17-9-4-2-7-15(17)16-8-3-5-10-18(16)20/h2-12,20H,22H2,1H3. The van der Waals surface area contributed by atoms with Gasteiger partial charge in [-0.05, 0) is 35.7 Å². The van der Waals surface area contributed by atoms with E-state index < -0.39 is 0 Å². The van der Waals surface area contributed by atoms with E-state index in [4.69, 9.17) is 10.5 Å². The van der Waals surface area contributed by atoms with Gasteiger partial charge in [0.1, 0.15) is 0 Å². The normalized spacial score (nSPS) is 12.5. The lowest BCUT2D eigenvalue weighted by molar-refractivity contribution is 0.0385. The Kier molecular flexibility index (Phi) is 3.35. The summed E-state index contributed by atoms with van der Waals surface area (Å²) in [5, 5.41) is 0. The van der Waals surface area contributed by atoms with Crippen molar-refractivity contribution in [3.05, 3.63) is 89.0 Å². The summed E-state index contributed by atoms with van der Waals surface area (Å²) in [5.74, 6) is -0.351. The van der Waals surface area contributed by atoms with E-state index in [1.54, 1.807) is 18.2 Å². The number of rotatable bonds is 2. The molecular weight excluding hydrogens is 298 g/mol. The van der Waals surface area contributed by atoms with Gasteiger partial charge in [0.15, 0.2) is 6.10 Å². The molecule has 0 saturated carbocycles. The lowest BCUT2D eigenvalue weighted by Crippen LogP contribution is -2.13. The summed E-state index contributed by atoms with van der Waals surface area (Å²) >= 11 is 0. The van der Waals surface area contributed by atoms with E-state index in [0.717, 1.165) is 27.8 Å². The second-order valence-electron chi connectivity index (χ2n) is 5.98. The lowest BCUT2D eigenvalue weighted by Gasteiger charge is -2.16. The molecule has 0 fully saturated rings. The number of nitrogens with two attached hydrogens (primary N) is 1. The summed E-state index contributed by atoms with van der Waals surface area (Å²) in [6, 6.07) is 21.4. The molecule has 0 saturated heterocycles. The summed E-state index contributed by atoms with van der Waals surface area (Å²) in [4.78, 5) is 12.7. The Labute approximate surface area is 140 Å². The molecule has 3 aromatic carbocycles. The molecule has 0 atom stereocenters. The number of hydrogen-bond acceptors (Lipinski definition) is 3. The van der Waals surface area contributed by atoms with Crippen molar-refractivity contribution >= 4 is 11.7 Å². The molecule has 24 heavy (non-hydrogen) atoms. The number of nitrogen functional groups attached to an aromatic ring is 1. The molecule has 3 heteroatoms. The van der Waals surface area contributed by atoms with Gasteiger partial charge in [-0.2, -0.15) is 0 Å². The number of fused-ring (bicyclic) bond motifs is 3. The van der Waals surface area contributed by atoms with Crippen molar-refractivity contribution in [3.63, 3.8) is 0 Å². The molecule has 3 aromatic rings. The van der Waals surface area contributed by atoms with E-state index in [1.807, 2.05) is 43.3 Å². The second-order valence-corrected chi connectivity index (χ2v) is 5.98. The van der Waals surface area contributed by atoms with Crippen molar-refractivity contribution < 1.29 is 9.53 Å². The zero-order valence-corrected chi connectivity index (χ0v) is 13.3. The van der Waals surface area contributed by atoms with Crippen LogP contribution >= 0.6 is 0 Å². The Balaban J connectivity index is 1.75. The minimum absolute atomic E-state index is 0.351. The summed E-state index contributed by atoms with van der Waals surface area (Å²) in [6.45, 7) is 1.84. The monoisotopic (exact) mass is 315 g/mol. The van der Waals surface area contributed by atoms with Crippen LogP contribution in [0, 0.1) is 6.92 Å². The predicted octanol–water partition coefficient (Wildman–Crippen LogP) is 4.50. The van der Waals surface area contributed by atoms with Gasteiger partial charge in [-0.3, -0.25) is 0 Å². The zero-order chi connectivity index (χ0) is 16.7. The Morgan fingerprint density at radius 3 is 2.08 bits per heavy atom. The third-order valence-electron chi connectivity index (χ3n) is 4.60. The van der Waals surface area contributed by atoms with Crippen LogP contribution < -0.4 is 5.73 Å². The third-order valence-corrected chi connectivity index (χ3v) is 4.60. The molecule has 0 aliphatic heterocycles. The first-order valence-corrected chi connectivity index (χ1v) is 7.91. The first kappa shape index (κ1) is 14.5. The van der Waals surface area contributed by atoms with Crippen LogP contribution in [-0.2, 0) is 4.74 Å². The van der Waals surface area contributed by atoms with Crippen LogP contribution in [0.1, 0.15) is 33.2 Å². The Bertz CT molecular complexity index is 901. The van der Waals surface area contributed by atoms with Gasteiger partial charge in [-0.15, -0.1) is 0 Å². The Morgan fingerprint density at radius 1 is 0.875 bits per heavy atom. The van der Waals surface area contributed by atoms with Gasteiger partial charge in [-0.25, -0.2) is 4.79 Å². The molecule has 0 spiro atoms. The fourth-order valence-electron chi connectivity index (χ4n) is 3.28. The molecule has 0 heterocycles. The molecule has 4 rings (SSSR count). The number of carbonyl (C=O) groups excluding carboxylic acids is 1. The molecule has 1 aliphatic rings. The number of anilines is 1. The largest absolute Gasteiger partial charge is 0.449 e. The van der Waals surface area contributed by atoms with E-state index in [9.17, 15) is 4.79 Å². The number of benzene rings is 3. The van der Waals surface area contributed by atoms with Crippen LogP contribution in [-0.4, -0.2) is 5.97 Å². The smallest absolute Gasteiger partial charge is 0.339 e. The van der Waals surface area contributed by atoms with Gasteiger partial charge in [0, 0.05) is 16.8 Å². The average Bonchev–Trinajstić information content (AvgIpc) is 2.92. The average molecular weight is 315 g/mol. The number of esters is 1. The number of carbonyl (C=O) groups is 1. The predicted molar refractivity (Wildman–Crippen MR) is 94.7 cm³/mol. The highest BCUT2D eigenvalue weighted by Crippen LogP contribution is 2.45. The summed E-state index contributed by atoms with van der Waals surface area (Å²) in [7, 11) is 0. The maximum atomic E-state index is 12.7. The van der Waals surface area contributed by atoms with Crippen LogP contribution in [0.15, 0.2) is 66.7 Å². The van der Waals surface area contributed by atoms with Crippen molar-refractivity contribution in [1.82, 2.24) is 0 Å². The van der Waals surface area contributed by atoms with Crippen LogP contribution in [0.3, 0.4) is 0 Å². The van der Waals surface area contributed by atoms with E-state index in [1.165, 1.54) is 0 Å². The quantitative estimate of drug-likeness (QED) is 0.559. The highest BCUT2D eigenvalue weighted by molar-refractivity contribution is 5.93. The minimum atomic E-state index is -0.384. The van der Waals surface area contributed by atoms with E-state index in [-0.39, 0.29) is 12.1 Å². The maximum absolute atomic E-state index is 12.7. The van der Waals surface area contributed by atoms with Crippen molar-refractivity contribution in [3.8, 4) is 11.1 Å². The van der Waals surface area contributed by atoms with E-state index in [2.05, 4.69) is 12.1 Å². The minimum Gasteiger partial charge on any atom is -0.449 e. The van der Waals surface area contributed by atoms with Gasteiger partial charge < -0.3 is 10.5 Å². The summed E-state index contributed by atoms with van der Waals surface area (Å²) < 4.78 is 5.89. The number of hydrogen-bond donors (Lipinski definition) is 1. The Hall–Kier alpha value is -3.07. The SMILES string of the molecule is Cc1c(N)cccc1C(=O)OC1c2ccccc2-c2ccccc21. The van der Waals surface area contributed by atoms with Crippen molar-refractivity contribution in [2.75, 3.05) is 5.73 Å². The lowest BCUT2D eigenvalue weighted by atomic mass is 10.1. The fourth-order valence-corrected chi connectivity index (χ4v) is 3.28. The van der Waals surface area contributed by atoms with Crippen molar-refractivity contribution in [2.24, 2.45) is 0 Å². The summed E-state index contributed by atoms with van der Waals surface area (Å²) in [5.41, 5.74) is 12.1. The van der Waals surface area contributed by atoms with Gasteiger partial charge >= 0.3 is 5.97 Å². The van der Waals surface area contributed by atoms with Gasteiger partial charge in [0.25, 0.3) is 0 Å². The molecule has 0 radical (unpaired) electrons. The fraction of sp³-hybridized carbons (Fsp3) is 0.0952. The molecule has 1 aliphatic carbocycles. The van der Waals surface area contributed by atoms with Gasteiger partial charge in [0.05, 0.1) is 5.56 Å². The highest BCUT2D eigenvalue weighted by Gasteiger charge is 2.31. The molecule has 2 N–H and O–H groups in total. The molecule has 0 bridgehead atoms. The van der Waals surface area contributed by atoms with Crippen molar-refractivity contribution in [1.29, 1.82) is 0 Å². The van der Waals surface area contributed by atoms with Crippen LogP contribution in [0.4, 0.5) is 5.69 Å². The molecule has 118 valence electrons. The molecule has 0 aromatic heterocycles. The molecule has 3 nitrogen and oxygen atoms in total. The first-order chi connectivity index (χ1) is 11.7. The second kappa shape index (κ2) is 5.53. The molecular formula is C21H17NO2. The zero-order valence-electron chi connectivity index (χ0n) is 13.3. The third kappa shape index (κ3) is 2.17. The van der Waals surface area contributed by atoms with Gasteiger partial charge in [-0.1, -0.05) is 54.6 Å². The highest BCUT2D eigenvalue weighted by atomic mass is 16.5. The van der Waals surface area contributed by atoms with Crippen molar-refractivity contribution in [2.45, 2.75) is 13.0 Å². The topological polar surface area (TPSA) is 52.3 Å². The van der Waals surface area contributed by atoms with E-state index in [0.29, 0.717) is 11.3 Å². The van der Waals surface area contributed by atoms with Crippen LogP contribution in [0.25, 0.3) is 11.1 Å². The number of ether oxygens (including phenoxy) is 1. The maximum Gasteiger partial charge on any atom is 0.339 e. The molecule has 0 amide bonds. The molecule has 0 unspecified atom stereocenters. The Morgan fingerprint density at radius 2 is 1.46 bits per heavy atom. The van der Waals surface area contributed by atoms with Gasteiger partial charge in [0.2, 0.25) is 0 Å². The first-order valence-electron chi connectivity index (χ1n) is 7.91. The van der Waals surface area contributed by atoms with Crippen LogP contribution in [0.5, 0.6) is 0 Å². The van der Waals surface area contributed by atoms with Crippen LogP contribution in [0.2, 0.25) is 0 Å². The van der Waals surface area contributed by atoms with E-state index >= 15 is 0 Å².